The molecule has 0 aromatic carbocycles. The van der Waals surface area contributed by atoms with Gasteiger partial charge in [-0.2, -0.15) is 0 Å². The van der Waals surface area contributed by atoms with Crippen molar-refractivity contribution in [3.63, 3.8) is 0 Å². The van der Waals surface area contributed by atoms with E-state index in [2.05, 4.69) is 20.3 Å². The van der Waals surface area contributed by atoms with Crippen LogP contribution < -0.4 is 11.1 Å². The van der Waals surface area contributed by atoms with Crippen molar-refractivity contribution in [2.24, 2.45) is 0 Å². The van der Waals surface area contributed by atoms with Gasteiger partial charge in [-0.1, -0.05) is 0 Å². The number of aromatic nitrogens is 4. The van der Waals surface area contributed by atoms with Crippen LogP contribution in [-0.4, -0.2) is 127 Å². The minimum absolute atomic E-state index is 0.0996. The first-order chi connectivity index (χ1) is 22.4. The Balaban J connectivity index is 1.32. The normalized spacial score (nSPS) is 30.5. The third kappa shape index (κ3) is 7.96. The Morgan fingerprint density at radius 2 is 2.02 bits per heavy atom. The average molecular weight is 706 g/mol. The van der Waals surface area contributed by atoms with Gasteiger partial charge in [-0.3, -0.25) is 18.5 Å². The van der Waals surface area contributed by atoms with E-state index < -0.39 is 93.4 Å². The van der Waals surface area contributed by atoms with Crippen molar-refractivity contribution < 1.29 is 62.2 Å². The Labute approximate surface area is 271 Å². The van der Waals surface area contributed by atoms with Gasteiger partial charge in [-0.15, -0.1) is 0 Å². The van der Waals surface area contributed by atoms with Crippen molar-refractivity contribution in [3.05, 3.63) is 24.9 Å². The van der Waals surface area contributed by atoms with Crippen LogP contribution in [0.15, 0.2) is 24.9 Å². The number of nitrogens with zero attached hydrogens (tertiary/aromatic N) is 5. The average Bonchev–Trinajstić information content (AvgIpc) is 3.71. The Hall–Kier alpha value is -3.11. The molecule has 2 amide bonds. The van der Waals surface area contributed by atoms with Crippen LogP contribution in [0.3, 0.4) is 0 Å². The number of amides is 2. The van der Waals surface area contributed by atoms with E-state index in [-0.39, 0.29) is 12.2 Å². The molecule has 2 saturated heterocycles. The summed E-state index contributed by atoms with van der Waals surface area (Å²) in [5.74, 6) is -0.361. The molecule has 0 spiro atoms. The van der Waals surface area contributed by atoms with Crippen molar-refractivity contribution in [3.8, 4) is 0 Å². The highest BCUT2D eigenvalue weighted by Crippen LogP contribution is 2.63. The third-order valence-electron chi connectivity index (χ3n) is 7.22. The minimum Gasteiger partial charge on any atom is -0.432 e. The molecule has 47 heavy (non-hydrogen) atoms. The molecular formula is C25H36N7O13PS. The molecule has 3 aliphatic rings. The highest BCUT2D eigenvalue weighted by atomic mass is 32.7. The Morgan fingerprint density at radius 3 is 2.72 bits per heavy atom. The van der Waals surface area contributed by atoms with Gasteiger partial charge in [0.25, 0.3) is 0 Å². The minimum atomic E-state index is -4.37. The van der Waals surface area contributed by atoms with Gasteiger partial charge < -0.3 is 50.1 Å². The molecule has 0 bridgehead atoms. The number of hydrogen-bond acceptors (Lipinski definition) is 18. The number of ether oxygens (including phenoxy) is 5. The van der Waals surface area contributed by atoms with E-state index in [1.807, 2.05) is 0 Å². The predicted octanol–water partition coefficient (Wildman–Crippen LogP) is 0.409. The molecule has 3 unspecified atom stereocenters. The zero-order chi connectivity index (χ0) is 33.9. The van der Waals surface area contributed by atoms with Crippen molar-refractivity contribution in [2.75, 3.05) is 32.0 Å². The van der Waals surface area contributed by atoms with Gasteiger partial charge in [-0.25, -0.2) is 29.1 Å². The highest BCUT2D eigenvalue weighted by Gasteiger charge is 2.53. The summed E-state index contributed by atoms with van der Waals surface area (Å²) >= 11 is 0.488. The number of fused-ring (bicyclic) bond motifs is 1. The number of methoxy groups -OCH3 is 1. The van der Waals surface area contributed by atoms with Crippen LogP contribution in [0, 0.1) is 0 Å². The van der Waals surface area contributed by atoms with Crippen LogP contribution in [0.2, 0.25) is 0 Å². The van der Waals surface area contributed by atoms with E-state index >= 15 is 0 Å². The maximum absolute atomic E-state index is 14.2. The molecule has 6 N–H and O–H groups in total. The van der Waals surface area contributed by atoms with E-state index in [9.17, 15) is 29.5 Å². The second-order valence-corrected chi connectivity index (χ2v) is 14.7. The smallest absolute Gasteiger partial charge is 0.432 e. The van der Waals surface area contributed by atoms with E-state index in [1.54, 1.807) is 18.4 Å². The second-order valence-electron chi connectivity index (χ2n) is 10.7. The summed E-state index contributed by atoms with van der Waals surface area (Å²) in [6.07, 6.45) is -4.91. The largest absolute Gasteiger partial charge is 0.509 e. The lowest BCUT2D eigenvalue weighted by atomic mass is 10.1. The maximum Gasteiger partial charge on any atom is 0.509 e. The summed E-state index contributed by atoms with van der Waals surface area (Å²) in [7, 11) is 1.29. The monoisotopic (exact) mass is 705 g/mol. The number of nitrogens with two attached hydrogens (primary N) is 1. The number of aliphatic hydroxyl groups excluding tert-OH is 3. The topological polar surface area (TPSA) is 261 Å². The first kappa shape index (κ1) is 35.2. The number of carbonyl (C=O) groups is 2. The number of imidazole rings is 1. The highest BCUT2D eigenvalue weighted by molar-refractivity contribution is 8.55. The van der Waals surface area contributed by atoms with E-state index in [4.69, 9.17) is 38.5 Å². The number of hydrogen-bond donors (Lipinski definition) is 5. The second kappa shape index (κ2) is 15.0. The summed E-state index contributed by atoms with van der Waals surface area (Å²) in [5.41, 5.74) is 6.62. The van der Waals surface area contributed by atoms with E-state index in [0.29, 0.717) is 22.5 Å². The fraction of sp³-hybridized carbons (Fsp3) is 0.640. The Kier molecular flexibility index (Phi) is 11.2. The van der Waals surface area contributed by atoms with Gasteiger partial charge in [-0.05, 0) is 19.9 Å². The zero-order valence-corrected chi connectivity index (χ0v) is 27.1. The number of carbonyl (C=O) groups excluding carboxylic acids is 2. The number of anilines is 1. The van der Waals surface area contributed by atoms with Crippen LogP contribution in [0.5, 0.6) is 0 Å². The molecule has 2 aromatic rings. The molecule has 5 rings (SSSR count). The van der Waals surface area contributed by atoms with Crippen LogP contribution in [-0.2, 0) is 37.3 Å². The number of urea groups is 1. The third-order valence-corrected chi connectivity index (χ3v) is 10.6. The van der Waals surface area contributed by atoms with Crippen LogP contribution in [0.25, 0.3) is 11.2 Å². The summed E-state index contributed by atoms with van der Waals surface area (Å²) in [6, 6.07) is -0.725. The fourth-order valence-electron chi connectivity index (χ4n) is 5.04. The van der Waals surface area contributed by atoms with Gasteiger partial charge >= 0.3 is 19.0 Å². The SMILES string of the molecule is CO[C@H]1C(O[P@@](=O)(OC[C@H]2O[C@@H](n3cnc4c(N)ncnc43)CC2O)SCOC(=O)OC(C)C)[C@@H](CO)O[C@H]1N1C=CC(O)NC1=O. The summed E-state index contributed by atoms with van der Waals surface area (Å²) in [5, 5.41) is 32.9. The van der Waals surface area contributed by atoms with E-state index in [0.717, 1.165) is 4.90 Å². The number of nitrogens with one attached hydrogen (secondary N) is 1. The van der Waals surface area contributed by atoms with Crippen molar-refractivity contribution in [2.45, 2.75) is 75.6 Å². The lowest BCUT2D eigenvalue weighted by Gasteiger charge is -2.33. The molecule has 3 aliphatic heterocycles. The maximum atomic E-state index is 14.2. The molecule has 9 atom stereocenters. The standard InChI is InChI=1S/C25H36N7O13PS/c1-12(2)42-25(37)40-11-47-46(38,45-19-14(7-33)44-23(20(19)39-3)31-5-4-16(35)30-24(31)36)41-8-15-13(34)6-17(43-15)32-10-29-18-21(26)27-9-28-22(18)32/h4-5,9-10,12-17,19-20,23,33-35H,6-8,11H2,1-3H3,(H,30,36)(H2,26,27,28)/t13?,14-,15-,16?,17-,19?,20+,23-,46-/m1/s1. The Bertz CT molecular complexity index is 1500. The van der Waals surface area contributed by atoms with Gasteiger partial charge in [0.15, 0.2) is 23.6 Å². The molecule has 20 nitrogen and oxygen atoms in total. The molecule has 0 aliphatic carbocycles. The first-order valence-corrected chi connectivity index (χ1v) is 17.5. The summed E-state index contributed by atoms with van der Waals surface area (Å²) < 4.78 is 54.9. The van der Waals surface area contributed by atoms with Crippen molar-refractivity contribution in [1.29, 1.82) is 0 Å². The molecule has 260 valence electrons. The summed E-state index contributed by atoms with van der Waals surface area (Å²) in [4.78, 5) is 37.9. The number of rotatable bonds is 13. The molecule has 2 fully saturated rings. The molecule has 0 radical (unpaired) electrons. The molecule has 2 aromatic heterocycles. The number of nitrogen functional groups attached to an aromatic ring is 1. The molecule has 5 heterocycles. The van der Waals surface area contributed by atoms with Gasteiger partial charge in [0.05, 0.1) is 31.7 Å². The fourth-order valence-corrected chi connectivity index (χ4v) is 7.83. The molecule has 0 saturated carbocycles. The number of aliphatic hydroxyl groups is 3. The van der Waals surface area contributed by atoms with Gasteiger partial charge in [0.2, 0.25) is 0 Å². The van der Waals surface area contributed by atoms with Gasteiger partial charge in [0.1, 0.15) is 48.7 Å². The lowest BCUT2D eigenvalue weighted by Crippen LogP contribution is -2.53. The van der Waals surface area contributed by atoms with Gasteiger partial charge in [0, 0.05) is 31.1 Å². The van der Waals surface area contributed by atoms with Crippen LogP contribution in [0.1, 0.15) is 26.5 Å². The lowest BCUT2D eigenvalue weighted by molar-refractivity contribution is -0.0751. The predicted molar refractivity (Wildman–Crippen MR) is 160 cm³/mol. The van der Waals surface area contributed by atoms with Crippen LogP contribution >= 0.6 is 18.2 Å². The zero-order valence-electron chi connectivity index (χ0n) is 25.4. The van der Waals surface area contributed by atoms with Crippen LogP contribution in [0.4, 0.5) is 15.4 Å². The quantitative estimate of drug-likeness (QED) is 0.107. The molecule has 22 heteroatoms. The van der Waals surface area contributed by atoms with Crippen molar-refractivity contribution >= 4 is 47.3 Å². The summed E-state index contributed by atoms with van der Waals surface area (Å²) in [6.45, 7) is -2.21. The first-order valence-electron chi connectivity index (χ1n) is 14.3. The van der Waals surface area contributed by atoms with Crippen molar-refractivity contribution in [1.82, 2.24) is 29.7 Å². The Morgan fingerprint density at radius 1 is 1.23 bits per heavy atom. The van der Waals surface area contributed by atoms with E-state index in [1.165, 1.54) is 32.0 Å². The molecular weight excluding hydrogens is 669 g/mol.